The van der Waals surface area contributed by atoms with Crippen LogP contribution < -0.4 is 10.9 Å². The molecule has 3 heterocycles. The molecule has 0 spiro atoms. The quantitative estimate of drug-likeness (QED) is 0.306. The second kappa shape index (κ2) is 9.92. The van der Waals surface area contributed by atoms with Crippen molar-refractivity contribution in [2.24, 2.45) is 0 Å². The summed E-state index contributed by atoms with van der Waals surface area (Å²) in [6.07, 6.45) is -0.181. The third-order valence-corrected chi connectivity index (χ3v) is 5.88. The number of fused-ring (bicyclic) bond motifs is 1. The van der Waals surface area contributed by atoms with Gasteiger partial charge in [-0.25, -0.2) is 4.98 Å². The van der Waals surface area contributed by atoms with Gasteiger partial charge in [0.25, 0.3) is 5.56 Å². The molecular weight excluding hydrogens is 483 g/mol. The highest BCUT2D eigenvalue weighted by atomic mass is 19.4. The highest BCUT2D eigenvalue weighted by molar-refractivity contribution is 5.76. The number of benzene rings is 2. The normalized spacial score (nSPS) is 11.8. The van der Waals surface area contributed by atoms with Crippen molar-refractivity contribution in [2.45, 2.75) is 39.2 Å². The van der Waals surface area contributed by atoms with Crippen LogP contribution in [0.4, 0.5) is 19.1 Å². The molecule has 5 aromatic rings. The van der Waals surface area contributed by atoms with Crippen LogP contribution in [0, 0.1) is 0 Å². The number of halogens is 3. The van der Waals surface area contributed by atoms with Gasteiger partial charge in [-0.15, -0.1) is 0 Å². The van der Waals surface area contributed by atoms with Crippen LogP contribution in [-0.4, -0.2) is 29.3 Å². The van der Waals surface area contributed by atoms with Crippen molar-refractivity contribution in [3.05, 3.63) is 94.0 Å². The van der Waals surface area contributed by atoms with Crippen molar-refractivity contribution in [3.8, 4) is 11.4 Å². The van der Waals surface area contributed by atoms with Gasteiger partial charge in [-0.05, 0) is 29.7 Å². The van der Waals surface area contributed by atoms with Gasteiger partial charge in [-0.1, -0.05) is 49.4 Å². The predicted molar refractivity (Wildman–Crippen MR) is 134 cm³/mol. The van der Waals surface area contributed by atoms with E-state index in [1.54, 1.807) is 10.9 Å². The van der Waals surface area contributed by atoms with Crippen molar-refractivity contribution >= 4 is 17.1 Å². The molecule has 8 nitrogen and oxygen atoms in total. The van der Waals surface area contributed by atoms with Gasteiger partial charge in [-0.2, -0.15) is 23.3 Å². The summed E-state index contributed by atoms with van der Waals surface area (Å²) >= 11 is 0. The number of alkyl halides is 3. The van der Waals surface area contributed by atoms with Gasteiger partial charge in [0.15, 0.2) is 11.2 Å². The van der Waals surface area contributed by atoms with E-state index in [0.29, 0.717) is 36.8 Å². The third kappa shape index (κ3) is 5.25. The van der Waals surface area contributed by atoms with E-state index in [2.05, 4.69) is 25.4 Å². The minimum absolute atomic E-state index is 0.198. The highest BCUT2D eigenvalue weighted by Crippen LogP contribution is 2.29. The minimum Gasteiger partial charge on any atom is -0.351 e. The van der Waals surface area contributed by atoms with Gasteiger partial charge in [0.1, 0.15) is 5.82 Å². The van der Waals surface area contributed by atoms with E-state index in [1.165, 1.54) is 16.7 Å². The molecule has 2 aromatic carbocycles. The molecule has 2 N–H and O–H groups in total. The van der Waals surface area contributed by atoms with Crippen LogP contribution in [0.25, 0.3) is 22.6 Å². The Labute approximate surface area is 209 Å². The summed E-state index contributed by atoms with van der Waals surface area (Å²) in [5.41, 5.74) is 1.98. The first kappa shape index (κ1) is 24.3. The molecule has 0 atom stereocenters. The molecule has 0 saturated carbocycles. The number of nitrogens with one attached hydrogen (secondary N) is 2. The van der Waals surface area contributed by atoms with Crippen LogP contribution in [-0.2, 0) is 25.8 Å². The molecule has 0 aliphatic rings. The number of aromatic amines is 1. The van der Waals surface area contributed by atoms with Crippen molar-refractivity contribution in [1.29, 1.82) is 0 Å². The number of hydrogen-bond acceptors (Lipinski definition) is 5. The van der Waals surface area contributed by atoms with Crippen molar-refractivity contribution in [2.75, 3.05) is 5.32 Å². The van der Waals surface area contributed by atoms with E-state index in [9.17, 15) is 18.0 Å². The molecule has 0 aliphatic carbocycles. The molecule has 3 aromatic heterocycles. The fourth-order valence-electron chi connectivity index (χ4n) is 4.02. The fraction of sp³-hybridized carbons (Fsp3) is 0.231. The van der Waals surface area contributed by atoms with Crippen LogP contribution in [0.1, 0.15) is 30.0 Å². The molecule has 0 bridgehead atoms. The maximum Gasteiger partial charge on any atom is 0.416 e. The monoisotopic (exact) mass is 507 g/mol. The van der Waals surface area contributed by atoms with Crippen molar-refractivity contribution in [3.63, 3.8) is 0 Å². The fourth-order valence-corrected chi connectivity index (χ4v) is 4.02. The molecule has 37 heavy (non-hydrogen) atoms. The van der Waals surface area contributed by atoms with Gasteiger partial charge >= 0.3 is 6.18 Å². The van der Waals surface area contributed by atoms with Crippen LogP contribution in [0.3, 0.4) is 0 Å². The number of imidazole rings is 1. The number of H-pyrrole nitrogens is 1. The number of aromatic nitrogens is 6. The average molecular weight is 508 g/mol. The van der Waals surface area contributed by atoms with Crippen LogP contribution >= 0.6 is 0 Å². The number of hydrogen-bond donors (Lipinski definition) is 2. The molecule has 11 heteroatoms. The summed E-state index contributed by atoms with van der Waals surface area (Å²) in [5.74, 6) is 0.777. The molecule has 0 unspecified atom stereocenters. The topological polar surface area (TPSA) is 93.4 Å². The summed E-state index contributed by atoms with van der Waals surface area (Å²) in [6, 6.07) is 14.8. The van der Waals surface area contributed by atoms with Crippen molar-refractivity contribution in [1.82, 2.24) is 29.3 Å². The van der Waals surface area contributed by atoms with E-state index in [4.69, 9.17) is 0 Å². The SMILES string of the molecule is CCCn1c(NCc2ccc(C(F)(F)F)cc2)nc2nc(-c3cnn(Cc4ccccc4)c3)[nH]c2c1=O. The summed E-state index contributed by atoms with van der Waals surface area (Å²) in [6.45, 7) is 3.15. The Morgan fingerprint density at radius 2 is 1.76 bits per heavy atom. The summed E-state index contributed by atoms with van der Waals surface area (Å²) < 4.78 is 41.8. The minimum atomic E-state index is -4.39. The lowest BCUT2D eigenvalue weighted by Gasteiger charge is -2.13. The highest BCUT2D eigenvalue weighted by Gasteiger charge is 2.29. The zero-order valence-corrected chi connectivity index (χ0v) is 20.0. The smallest absolute Gasteiger partial charge is 0.351 e. The first-order chi connectivity index (χ1) is 17.8. The van der Waals surface area contributed by atoms with Gasteiger partial charge in [-0.3, -0.25) is 14.0 Å². The van der Waals surface area contributed by atoms with Gasteiger partial charge in [0.2, 0.25) is 5.95 Å². The Morgan fingerprint density at radius 1 is 1.00 bits per heavy atom. The standard InChI is InChI=1S/C26H24F3N7O/c1-2-12-36-24(37)21-23(34-25(36)30-13-17-8-10-20(11-9-17)26(27,28)29)33-22(32-21)19-14-31-35(16-19)15-18-6-4-3-5-7-18/h3-11,14,16H,2,12-13,15H2,1H3,(H,30,34)(H,32,33). The zero-order valence-electron chi connectivity index (χ0n) is 20.0. The molecular formula is C26H24F3N7O. The molecule has 5 rings (SSSR count). The van der Waals surface area contributed by atoms with E-state index in [0.717, 1.165) is 23.3 Å². The molecule has 0 saturated heterocycles. The lowest BCUT2D eigenvalue weighted by Crippen LogP contribution is -2.25. The van der Waals surface area contributed by atoms with Crippen LogP contribution in [0.2, 0.25) is 0 Å². The largest absolute Gasteiger partial charge is 0.416 e. The third-order valence-electron chi connectivity index (χ3n) is 5.88. The van der Waals surface area contributed by atoms with Gasteiger partial charge in [0, 0.05) is 19.3 Å². The second-order valence-corrected chi connectivity index (χ2v) is 8.64. The van der Waals surface area contributed by atoms with Crippen molar-refractivity contribution < 1.29 is 13.2 Å². The Balaban J connectivity index is 1.41. The molecule has 0 amide bonds. The maximum absolute atomic E-state index is 13.3. The average Bonchev–Trinajstić information content (AvgIpc) is 3.52. The van der Waals surface area contributed by atoms with E-state index < -0.39 is 11.7 Å². The summed E-state index contributed by atoms with van der Waals surface area (Å²) in [5, 5.41) is 7.49. The predicted octanol–water partition coefficient (Wildman–Crippen LogP) is 5.07. The van der Waals surface area contributed by atoms with E-state index in [1.807, 2.05) is 43.5 Å². The lowest BCUT2D eigenvalue weighted by atomic mass is 10.1. The first-order valence-electron chi connectivity index (χ1n) is 11.8. The number of nitrogens with zero attached hydrogens (tertiary/aromatic N) is 5. The molecule has 0 fully saturated rings. The van der Waals surface area contributed by atoms with E-state index in [-0.39, 0.29) is 23.3 Å². The van der Waals surface area contributed by atoms with Gasteiger partial charge in [0.05, 0.1) is 23.9 Å². The van der Waals surface area contributed by atoms with Gasteiger partial charge < -0.3 is 10.3 Å². The Bertz CT molecular complexity index is 1570. The Kier molecular flexibility index (Phi) is 6.51. The molecule has 0 radical (unpaired) electrons. The number of anilines is 1. The second-order valence-electron chi connectivity index (χ2n) is 8.64. The van der Waals surface area contributed by atoms with E-state index >= 15 is 0 Å². The Morgan fingerprint density at radius 3 is 2.46 bits per heavy atom. The first-order valence-corrected chi connectivity index (χ1v) is 11.8. The zero-order chi connectivity index (χ0) is 26.0. The van der Waals surface area contributed by atoms with Crippen LogP contribution in [0.5, 0.6) is 0 Å². The summed E-state index contributed by atoms with van der Waals surface area (Å²) in [7, 11) is 0. The Hall–Kier alpha value is -4.41. The summed E-state index contributed by atoms with van der Waals surface area (Å²) in [4.78, 5) is 25.4. The van der Waals surface area contributed by atoms with Crippen LogP contribution in [0.15, 0.2) is 71.8 Å². The molecule has 190 valence electrons. The number of rotatable bonds is 8. The molecule has 0 aliphatic heterocycles. The maximum atomic E-state index is 13.3. The lowest BCUT2D eigenvalue weighted by molar-refractivity contribution is -0.137.